The molecule has 1 aromatic rings. The summed E-state index contributed by atoms with van der Waals surface area (Å²) < 4.78 is 31.7. The van der Waals surface area contributed by atoms with E-state index in [4.69, 9.17) is 4.74 Å². The van der Waals surface area contributed by atoms with Crippen molar-refractivity contribution >= 4 is 27.7 Å². The summed E-state index contributed by atoms with van der Waals surface area (Å²) in [5.41, 5.74) is 0.406. The van der Waals surface area contributed by atoms with Crippen LogP contribution in [0, 0.1) is 5.92 Å². The lowest BCUT2D eigenvalue weighted by Gasteiger charge is -2.16. The van der Waals surface area contributed by atoms with Crippen molar-refractivity contribution in [3.63, 3.8) is 0 Å². The molecule has 1 aliphatic heterocycles. The van der Waals surface area contributed by atoms with E-state index in [2.05, 4.69) is 15.0 Å². The monoisotopic (exact) mass is 381 g/mol. The van der Waals surface area contributed by atoms with Crippen LogP contribution in [0.15, 0.2) is 34.2 Å². The molecule has 1 aromatic carbocycles. The fourth-order valence-corrected chi connectivity index (χ4v) is 3.67. The summed E-state index contributed by atoms with van der Waals surface area (Å²) in [4.78, 5) is 28.4. The number of carbonyl (C=O) groups excluding carboxylic acids is 2. The van der Waals surface area contributed by atoms with Gasteiger partial charge >= 0.3 is 5.97 Å². The number of fused-ring (bicyclic) bond motifs is 1. The third kappa shape index (κ3) is 4.60. The molecule has 0 aliphatic carbocycles. The van der Waals surface area contributed by atoms with Crippen molar-refractivity contribution in [1.29, 1.82) is 0 Å². The zero-order chi connectivity index (χ0) is 19.5. The summed E-state index contributed by atoms with van der Waals surface area (Å²) in [7, 11) is -3.69. The molecule has 9 heteroatoms. The van der Waals surface area contributed by atoms with Gasteiger partial charge in [-0.15, -0.1) is 0 Å². The van der Waals surface area contributed by atoms with Crippen molar-refractivity contribution in [2.24, 2.45) is 10.9 Å². The van der Waals surface area contributed by atoms with Crippen molar-refractivity contribution in [3.8, 4) is 0 Å². The largest absolute Gasteiger partial charge is 0.454 e. The van der Waals surface area contributed by atoms with E-state index < -0.39 is 34.5 Å². The number of benzene rings is 1. The van der Waals surface area contributed by atoms with E-state index in [1.165, 1.54) is 6.07 Å². The number of ether oxygens (including phenoxy) is 1. The molecule has 142 valence electrons. The van der Waals surface area contributed by atoms with Gasteiger partial charge in [0.25, 0.3) is 15.9 Å². The van der Waals surface area contributed by atoms with E-state index in [0.29, 0.717) is 5.56 Å². The number of rotatable bonds is 6. The second kappa shape index (κ2) is 7.86. The Labute approximate surface area is 153 Å². The van der Waals surface area contributed by atoms with Crippen LogP contribution in [0.3, 0.4) is 0 Å². The molecule has 0 aromatic heterocycles. The minimum atomic E-state index is -3.69. The average Bonchev–Trinajstić information content (AvgIpc) is 2.80. The van der Waals surface area contributed by atoms with Crippen molar-refractivity contribution in [3.05, 3.63) is 29.8 Å². The lowest BCUT2D eigenvalue weighted by molar-refractivity contribution is -0.150. The number of amidine groups is 1. The van der Waals surface area contributed by atoms with Gasteiger partial charge in [0.15, 0.2) is 12.6 Å². The molecular formula is C17H23N3O5S. The first-order valence-corrected chi connectivity index (χ1v) is 9.76. The van der Waals surface area contributed by atoms with Crippen molar-refractivity contribution in [1.82, 2.24) is 10.0 Å². The number of amides is 1. The first-order chi connectivity index (χ1) is 12.1. The predicted molar refractivity (Wildman–Crippen MR) is 96.2 cm³/mol. The van der Waals surface area contributed by atoms with E-state index in [0.717, 1.165) is 0 Å². The number of sulfonamides is 1. The lowest BCUT2D eigenvalue weighted by Crippen LogP contribution is -2.37. The fourth-order valence-electron chi connectivity index (χ4n) is 2.43. The molecule has 2 N–H and O–H groups in total. The molecule has 8 nitrogen and oxygen atoms in total. The first kappa shape index (κ1) is 19.9. The second-order valence-electron chi connectivity index (χ2n) is 6.60. The molecule has 0 saturated carbocycles. The van der Waals surface area contributed by atoms with Gasteiger partial charge in [-0.2, -0.15) is 0 Å². The van der Waals surface area contributed by atoms with E-state index in [-0.39, 0.29) is 22.7 Å². The van der Waals surface area contributed by atoms with Crippen LogP contribution in [0.2, 0.25) is 0 Å². The van der Waals surface area contributed by atoms with Crippen LogP contribution in [-0.2, 0) is 24.3 Å². The van der Waals surface area contributed by atoms with Gasteiger partial charge in [0.05, 0.1) is 4.90 Å². The zero-order valence-electron chi connectivity index (χ0n) is 15.1. The minimum absolute atomic E-state index is 0.0632. The molecule has 0 bridgehead atoms. The summed E-state index contributed by atoms with van der Waals surface area (Å²) in [6.07, 6.45) is 0. The Kier molecular flexibility index (Phi) is 6.01. The quantitative estimate of drug-likeness (QED) is 0.708. The van der Waals surface area contributed by atoms with Crippen LogP contribution in [0.1, 0.15) is 33.3 Å². The normalized spacial score (nSPS) is 17.7. The highest BCUT2D eigenvalue weighted by Crippen LogP contribution is 2.23. The van der Waals surface area contributed by atoms with Gasteiger partial charge in [0.2, 0.25) is 0 Å². The summed E-state index contributed by atoms with van der Waals surface area (Å²) in [5, 5.41) is 2.62. The van der Waals surface area contributed by atoms with Gasteiger partial charge < -0.3 is 10.1 Å². The zero-order valence-corrected chi connectivity index (χ0v) is 16.0. The molecule has 1 heterocycles. The molecule has 0 saturated heterocycles. The number of nitrogens with one attached hydrogen (secondary N) is 2. The lowest BCUT2D eigenvalue weighted by atomic mass is 10.1. The Morgan fingerprint density at radius 1 is 1.19 bits per heavy atom. The Balaban J connectivity index is 2.20. The SMILES string of the molecule is CC(C)NC(=O)COC(=O)[C@@H](N=C1NS(=O)(=O)c2ccccc21)C(C)C. The smallest absolute Gasteiger partial charge is 0.331 e. The summed E-state index contributed by atoms with van der Waals surface area (Å²) in [6.45, 7) is 6.71. The van der Waals surface area contributed by atoms with Crippen LogP contribution in [0.4, 0.5) is 0 Å². The maximum Gasteiger partial charge on any atom is 0.331 e. The maximum absolute atomic E-state index is 12.3. The minimum Gasteiger partial charge on any atom is -0.454 e. The topological polar surface area (TPSA) is 114 Å². The number of nitrogens with zero attached hydrogens (tertiary/aromatic N) is 1. The third-order valence-corrected chi connectivity index (χ3v) is 5.00. The van der Waals surface area contributed by atoms with E-state index >= 15 is 0 Å². The van der Waals surface area contributed by atoms with Crippen molar-refractivity contribution in [2.45, 2.75) is 44.7 Å². The standard InChI is InChI=1S/C17H23N3O5S/c1-10(2)15(17(22)25-9-14(21)18-11(3)4)19-16-12-7-5-6-8-13(12)26(23,24)20-16/h5-8,10-11,15H,9H2,1-4H3,(H,18,21)(H,19,20)/t15-/m0/s1. The van der Waals surface area contributed by atoms with Crippen molar-refractivity contribution in [2.75, 3.05) is 6.61 Å². The molecular weight excluding hydrogens is 358 g/mol. The third-order valence-electron chi connectivity index (χ3n) is 3.60. The molecule has 1 aliphatic rings. The number of aliphatic imine (C=N–C) groups is 1. The summed E-state index contributed by atoms with van der Waals surface area (Å²) >= 11 is 0. The van der Waals surface area contributed by atoms with Crippen LogP contribution in [0.5, 0.6) is 0 Å². The van der Waals surface area contributed by atoms with Crippen LogP contribution in [0.25, 0.3) is 0 Å². The fraction of sp³-hybridized carbons (Fsp3) is 0.471. The highest BCUT2D eigenvalue weighted by atomic mass is 32.2. The predicted octanol–water partition coefficient (Wildman–Crippen LogP) is 0.817. The first-order valence-electron chi connectivity index (χ1n) is 8.28. The molecule has 0 fully saturated rings. The van der Waals surface area contributed by atoms with E-state index in [1.807, 2.05) is 0 Å². The number of hydrogen-bond donors (Lipinski definition) is 2. The van der Waals surface area contributed by atoms with Gasteiger partial charge in [0.1, 0.15) is 5.84 Å². The molecule has 1 amide bonds. The number of esters is 1. The Bertz CT molecular complexity index is 831. The van der Waals surface area contributed by atoms with Gasteiger partial charge in [-0.25, -0.2) is 13.2 Å². The molecule has 0 spiro atoms. The second-order valence-corrected chi connectivity index (χ2v) is 8.25. The molecule has 0 radical (unpaired) electrons. The number of hydrogen-bond acceptors (Lipinski definition) is 6. The average molecular weight is 381 g/mol. The van der Waals surface area contributed by atoms with Gasteiger partial charge in [-0.3, -0.25) is 14.5 Å². The molecule has 1 atom stereocenters. The van der Waals surface area contributed by atoms with Crippen LogP contribution in [-0.4, -0.2) is 44.8 Å². The highest BCUT2D eigenvalue weighted by Gasteiger charge is 2.33. The van der Waals surface area contributed by atoms with Crippen LogP contribution < -0.4 is 10.0 Å². The Morgan fingerprint density at radius 2 is 1.85 bits per heavy atom. The van der Waals surface area contributed by atoms with E-state index in [1.54, 1.807) is 45.9 Å². The van der Waals surface area contributed by atoms with E-state index in [9.17, 15) is 18.0 Å². The Morgan fingerprint density at radius 3 is 2.46 bits per heavy atom. The summed E-state index contributed by atoms with van der Waals surface area (Å²) in [6, 6.07) is 5.39. The van der Waals surface area contributed by atoms with Gasteiger partial charge in [0, 0.05) is 11.6 Å². The van der Waals surface area contributed by atoms with Gasteiger partial charge in [-0.05, 0) is 31.9 Å². The highest BCUT2D eigenvalue weighted by molar-refractivity contribution is 7.90. The van der Waals surface area contributed by atoms with Crippen molar-refractivity contribution < 1.29 is 22.7 Å². The van der Waals surface area contributed by atoms with Gasteiger partial charge in [-0.1, -0.05) is 26.0 Å². The molecule has 26 heavy (non-hydrogen) atoms. The maximum atomic E-state index is 12.3. The molecule has 2 rings (SSSR count). The molecule has 0 unspecified atom stereocenters. The summed E-state index contributed by atoms with van der Waals surface area (Å²) in [5.74, 6) is -1.24. The number of carbonyl (C=O) groups is 2. The van der Waals surface area contributed by atoms with Crippen LogP contribution >= 0.6 is 0 Å². The Hall–Kier alpha value is -2.42.